The largest absolute Gasteiger partial charge is 0.352 e. The smallest absolute Gasteiger partial charge is 0.183 e. The van der Waals surface area contributed by atoms with Crippen LogP contribution in [0.1, 0.15) is 23.8 Å². The van der Waals surface area contributed by atoms with Gasteiger partial charge < -0.3 is 9.47 Å². The third kappa shape index (κ3) is 3.74. The molecule has 0 aromatic heterocycles. The van der Waals surface area contributed by atoms with Crippen molar-refractivity contribution in [1.82, 2.24) is 0 Å². The standard InChI is InChI=1S/C13H17BrO2/c1-15-13(16-2)12-9-4-3-7-11(12)8-5-6-10-14/h3-5,7-9,13H,6,10H2,1-2H3. The number of hydrogen-bond acceptors (Lipinski definition) is 2. The highest BCUT2D eigenvalue weighted by Crippen LogP contribution is 2.22. The minimum atomic E-state index is -0.301. The molecular weight excluding hydrogens is 268 g/mol. The second-order valence-corrected chi connectivity index (χ2v) is 4.11. The molecule has 0 fully saturated rings. The Bertz CT molecular complexity index is 332. The topological polar surface area (TPSA) is 18.5 Å². The predicted molar refractivity (Wildman–Crippen MR) is 70.6 cm³/mol. The predicted octanol–water partition coefficient (Wildman–Crippen LogP) is 3.78. The molecule has 0 bridgehead atoms. The van der Waals surface area contributed by atoms with Crippen molar-refractivity contribution in [3.63, 3.8) is 0 Å². The Hall–Kier alpha value is -0.640. The van der Waals surface area contributed by atoms with Crippen LogP contribution in [0.4, 0.5) is 0 Å². The maximum absolute atomic E-state index is 5.27. The van der Waals surface area contributed by atoms with E-state index in [-0.39, 0.29) is 6.29 Å². The van der Waals surface area contributed by atoms with Gasteiger partial charge in [-0.3, -0.25) is 0 Å². The lowest BCUT2D eigenvalue weighted by atomic mass is 10.1. The summed E-state index contributed by atoms with van der Waals surface area (Å²) in [4.78, 5) is 0. The average Bonchev–Trinajstić information content (AvgIpc) is 2.33. The molecule has 0 atom stereocenters. The van der Waals surface area contributed by atoms with E-state index in [4.69, 9.17) is 9.47 Å². The number of methoxy groups -OCH3 is 2. The summed E-state index contributed by atoms with van der Waals surface area (Å²) < 4.78 is 10.5. The van der Waals surface area contributed by atoms with Gasteiger partial charge in [0.1, 0.15) is 0 Å². The zero-order valence-corrected chi connectivity index (χ0v) is 11.2. The van der Waals surface area contributed by atoms with Crippen molar-refractivity contribution >= 4 is 22.0 Å². The van der Waals surface area contributed by atoms with Gasteiger partial charge in [-0.1, -0.05) is 52.3 Å². The third-order valence-corrected chi connectivity index (χ3v) is 2.71. The van der Waals surface area contributed by atoms with Gasteiger partial charge >= 0.3 is 0 Å². The van der Waals surface area contributed by atoms with Crippen molar-refractivity contribution in [3.05, 3.63) is 41.5 Å². The third-order valence-electron chi connectivity index (χ3n) is 2.25. The van der Waals surface area contributed by atoms with Crippen LogP contribution in [0, 0.1) is 0 Å². The molecule has 0 saturated heterocycles. The van der Waals surface area contributed by atoms with E-state index in [2.05, 4.69) is 34.1 Å². The van der Waals surface area contributed by atoms with Gasteiger partial charge in [-0.15, -0.1) is 0 Å². The number of hydrogen-bond donors (Lipinski definition) is 0. The molecule has 0 aliphatic heterocycles. The molecule has 0 N–H and O–H groups in total. The van der Waals surface area contributed by atoms with Crippen molar-refractivity contribution in [1.29, 1.82) is 0 Å². The molecule has 0 heterocycles. The molecule has 3 heteroatoms. The number of allylic oxidation sites excluding steroid dienone is 1. The lowest BCUT2D eigenvalue weighted by Crippen LogP contribution is -2.05. The number of alkyl halides is 1. The molecule has 0 saturated carbocycles. The van der Waals surface area contributed by atoms with Gasteiger partial charge in [-0.05, 0) is 12.0 Å². The van der Waals surface area contributed by atoms with Crippen LogP contribution in [0.3, 0.4) is 0 Å². The van der Waals surface area contributed by atoms with Gasteiger partial charge in [0.05, 0.1) is 0 Å². The van der Waals surface area contributed by atoms with E-state index in [9.17, 15) is 0 Å². The number of benzene rings is 1. The van der Waals surface area contributed by atoms with Crippen LogP contribution >= 0.6 is 15.9 Å². The van der Waals surface area contributed by atoms with Gasteiger partial charge in [-0.25, -0.2) is 0 Å². The molecule has 0 spiro atoms. The van der Waals surface area contributed by atoms with Crippen LogP contribution in [-0.4, -0.2) is 19.5 Å². The lowest BCUT2D eigenvalue weighted by molar-refractivity contribution is -0.106. The zero-order chi connectivity index (χ0) is 11.8. The molecule has 0 aliphatic rings. The van der Waals surface area contributed by atoms with E-state index in [1.165, 1.54) is 0 Å². The first kappa shape index (κ1) is 13.4. The normalized spacial score (nSPS) is 11.5. The van der Waals surface area contributed by atoms with Crippen molar-refractivity contribution < 1.29 is 9.47 Å². The van der Waals surface area contributed by atoms with Crippen LogP contribution in [-0.2, 0) is 9.47 Å². The van der Waals surface area contributed by atoms with E-state index in [1.54, 1.807) is 14.2 Å². The molecule has 0 unspecified atom stereocenters. The summed E-state index contributed by atoms with van der Waals surface area (Å²) in [5.41, 5.74) is 2.19. The fourth-order valence-corrected chi connectivity index (χ4v) is 1.77. The first-order chi connectivity index (χ1) is 7.83. The van der Waals surface area contributed by atoms with E-state index >= 15 is 0 Å². The Balaban J connectivity index is 2.90. The molecule has 16 heavy (non-hydrogen) atoms. The number of halogens is 1. The molecule has 1 aromatic carbocycles. The van der Waals surface area contributed by atoms with Crippen molar-refractivity contribution in [3.8, 4) is 0 Å². The summed E-state index contributed by atoms with van der Waals surface area (Å²) in [6.45, 7) is 0. The monoisotopic (exact) mass is 284 g/mol. The first-order valence-electron chi connectivity index (χ1n) is 5.20. The van der Waals surface area contributed by atoms with Crippen molar-refractivity contribution in [2.75, 3.05) is 19.5 Å². The Morgan fingerprint density at radius 2 is 1.94 bits per heavy atom. The Kier molecular flexibility index (Phi) is 6.38. The van der Waals surface area contributed by atoms with E-state index < -0.39 is 0 Å². The number of rotatable bonds is 6. The minimum absolute atomic E-state index is 0.301. The van der Waals surface area contributed by atoms with Crippen LogP contribution in [0.15, 0.2) is 30.3 Å². The fraction of sp³-hybridized carbons (Fsp3) is 0.385. The molecule has 1 aromatic rings. The second kappa shape index (κ2) is 7.60. The minimum Gasteiger partial charge on any atom is -0.352 e. The molecule has 0 radical (unpaired) electrons. The summed E-state index contributed by atoms with van der Waals surface area (Å²) >= 11 is 3.40. The highest BCUT2D eigenvalue weighted by atomic mass is 79.9. The second-order valence-electron chi connectivity index (χ2n) is 3.31. The van der Waals surface area contributed by atoms with Crippen LogP contribution in [0.2, 0.25) is 0 Å². The summed E-state index contributed by atoms with van der Waals surface area (Å²) in [6, 6.07) is 8.08. The van der Waals surface area contributed by atoms with Crippen LogP contribution in [0.25, 0.3) is 6.08 Å². The van der Waals surface area contributed by atoms with E-state index in [0.717, 1.165) is 22.9 Å². The quantitative estimate of drug-likeness (QED) is 0.585. The summed E-state index contributed by atoms with van der Waals surface area (Å²) in [7, 11) is 3.29. The van der Waals surface area contributed by atoms with E-state index in [1.807, 2.05) is 18.2 Å². The van der Waals surface area contributed by atoms with Gasteiger partial charge in [0.25, 0.3) is 0 Å². The number of ether oxygens (including phenoxy) is 2. The summed E-state index contributed by atoms with van der Waals surface area (Å²) in [5.74, 6) is 0. The molecule has 88 valence electrons. The van der Waals surface area contributed by atoms with Gasteiger partial charge in [0, 0.05) is 25.1 Å². The van der Waals surface area contributed by atoms with Gasteiger partial charge in [0.15, 0.2) is 6.29 Å². The van der Waals surface area contributed by atoms with E-state index in [0.29, 0.717) is 0 Å². The molecule has 2 nitrogen and oxygen atoms in total. The average molecular weight is 285 g/mol. The Morgan fingerprint density at radius 3 is 2.56 bits per heavy atom. The summed E-state index contributed by atoms with van der Waals surface area (Å²) in [5, 5.41) is 0.976. The molecule has 1 rings (SSSR count). The lowest BCUT2D eigenvalue weighted by Gasteiger charge is -2.15. The van der Waals surface area contributed by atoms with Crippen LogP contribution in [0.5, 0.6) is 0 Å². The highest BCUT2D eigenvalue weighted by molar-refractivity contribution is 9.09. The molecule has 0 aliphatic carbocycles. The Morgan fingerprint density at radius 1 is 1.25 bits per heavy atom. The SMILES string of the molecule is COC(OC)c1ccccc1C=CCCBr. The fourth-order valence-electron chi connectivity index (χ4n) is 1.50. The van der Waals surface area contributed by atoms with Crippen molar-refractivity contribution in [2.45, 2.75) is 12.7 Å². The zero-order valence-electron chi connectivity index (χ0n) is 9.65. The molecule has 0 amide bonds. The highest BCUT2D eigenvalue weighted by Gasteiger charge is 2.11. The van der Waals surface area contributed by atoms with Gasteiger partial charge in [-0.2, -0.15) is 0 Å². The maximum atomic E-state index is 5.27. The summed E-state index contributed by atoms with van der Waals surface area (Å²) in [6.07, 6.45) is 4.95. The maximum Gasteiger partial charge on any atom is 0.183 e. The first-order valence-corrected chi connectivity index (χ1v) is 6.32. The van der Waals surface area contributed by atoms with Crippen LogP contribution < -0.4 is 0 Å². The van der Waals surface area contributed by atoms with Crippen molar-refractivity contribution in [2.24, 2.45) is 0 Å². The Labute approximate surface area is 105 Å². The molecular formula is C13H17BrO2. The van der Waals surface area contributed by atoms with Gasteiger partial charge in [0.2, 0.25) is 0 Å².